The summed E-state index contributed by atoms with van der Waals surface area (Å²) in [6, 6.07) is 1.28. The van der Waals surface area contributed by atoms with Crippen LogP contribution in [0.3, 0.4) is 0 Å². The Hall–Kier alpha value is -1.85. The van der Waals surface area contributed by atoms with E-state index in [1.54, 1.807) is 4.90 Å². The Morgan fingerprint density at radius 2 is 1.76 bits per heavy atom. The SMILES string of the molecule is CC(C)(C)OC(=O)N[C@@H](C(=O)N1C[C@@H](N2CCCC2)C[C@H]1C#N)C12CC3CC(CC(O)(C3)C1)C2. The molecule has 2 amide bonds. The monoisotopic (exact) mass is 472 g/mol. The average Bonchev–Trinajstić information content (AvgIpc) is 3.37. The van der Waals surface area contributed by atoms with Gasteiger partial charge in [0.05, 0.1) is 11.7 Å². The normalized spacial score (nSPS) is 40.3. The van der Waals surface area contributed by atoms with Crippen LogP contribution >= 0.6 is 0 Å². The van der Waals surface area contributed by atoms with Gasteiger partial charge in [-0.1, -0.05) is 0 Å². The molecule has 2 N–H and O–H groups in total. The second-order valence-corrected chi connectivity index (χ2v) is 12.9. The van der Waals surface area contributed by atoms with E-state index < -0.39 is 34.8 Å². The molecule has 0 aromatic rings. The summed E-state index contributed by atoms with van der Waals surface area (Å²) in [7, 11) is 0. The number of rotatable bonds is 4. The fourth-order valence-corrected chi connectivity index (χ4v) is 8.24. The van der Waals surface area contributed by atoms with E-state index in [1.165, 1.54) is 0 Å². The van der Waals surface area contributed by atoms with Crippen LogP contribution in [0.15, 0.2) is 0 Å². The lowest BCUT2D eigenvalue weighted by atomic mass is 9.46. The van der Waals surface area contributed by atoms with Gasteiger partial charge in [-0.2, -0.15) is 5.26 Å². The molecule has 2 saturated heterocycles. The van der Waals surface area contributed by atoms with Crippen LogP contribution in [0.2, 0.25) is 0 Å². The summed E-state index contributed by atoms with van der Waals surface area (Å²) in [6.45, 7) is 7.99. The highest BCUT2D eigenvalue weighted by Gasteiger charge is 2.62. The van der Waals surface area contributed by atoms with Crippen molar-refractivity contribution in [2.45, 2.75) is 108 Å². The summed E-state index contributed by atoms with van der Waals surface area (Å²) in [6.07, 6.45) is 7.25. The van der Waals surface area contributed by atoms with Gasteiger partial charge in [0.2, 0.25) is 5.91 Å². The van der Waals surface area contributed by atoms with E-state index in [2.05, 4.69) is 16.3 Å². The Labute approximate surface area is 203 Å². The molecular weight excluding hydrogens is 432 g/mol. The van der Waals surface area contributed by atoms with E-state index in [4.69, 9.17) is 4.74 Å². The highest BCUT2D eigenvalue weighted by molar-refractivity contribution is 5.87. The molecule has 0 spiro atoms. The van der Waals surface area contributed by atoms with Crippen LogP contribution in [-0.4, -0.2) is 75.9 Å². The molecule has 2 heterocycles. The van der Waals surface area contributed by atoms with Crippen molar-refractivity contribution < 1.29 is 19.4 Å². The molecule has 4 aliphatic carbocycles. The van der Waals surface area contributed by atoms with Gasteiger partial charge in [0.15, 0.2) is 0 Å². The van der Waals surface area contributed by atoms with Crippen LogP contribution in [0, 0.1) is 28.6 Å². The maximum absolute atomic E-state index is 14.2. The summed E-state index contributed by atoms with van der Waals surface area (Å²) in [5, 5.41) is 24.2. The van der Waals surface area contributed by atoms with E-state index in [0.29, 0.717) is 31.2 Å². The van der Waals surface area contributed by atoms with Gasteiger partial charge in [0.25, 0.3) is 0 Å². The molecule has 6 fully saturated rings. The number of hydrogen-bond donors (Lipinski definition) is 2. The van der Waals surface area contributed by atoms with E-state index in [1.807, 2.05) is 20.8 Å². The lowest BCUT2D eigenvalue weighted by Gasteiger charge is -2.62. The third-order valence-electron chi connectivity index (χ3n) is 8.96. The minimum absolute atomic E-state index is 0.176. The number of alkyl carbamates (subject to hydrolysis) is 1. The Balaban J connectivity index is 1.43. The number of carbonyl (C=O) groups excluding carboxylic acids is 2. The number of likely N-dealkylation sites (tertiary alicyclic amines) is 2. The van der Waals surface area contributed by atoms with Gasteiger partial charge in [0.1, 0.15) is 17.7 Å². The largest absolute Gasteiger partial charge is 0.444 e. The Morgan fingerprint density at radius 1 is 1.12 bits per heavy atom. The average molecular weight is 473 g/mol. The first-order valence-electron chi connectivity index (χ1n) is 13.2. The number of amides is 2. The second-order valence-electron chi connectivity index (χ2n) is 12.9. The van der Waals surface area contributed by atoms with Crippen molar-refractivity contribution in [2.75, 3.05) is 19.6 Å². The van der Waals surface area contributed by atoms with E-state index in [9.17, 15) is 20.0 Å². The van der Waals surface area contributed by atoms with Gasteiger partial charge in [-0.3, -0.25) is 9.69 Å². The van der Waals surface area contributed by atoms with Gasteiger partial charge in [-0.05, 0) is 103 Å². The standard InChI is InChI=1S/C26H40N4O4/c1-24(2,3)34-23(32)28-21(25-10-17-8-18(11-25)13-26(33,12-17)16-25)22(31)30-15-20(9-19(30)14-27)29-6-4-5-7-29/h17-21,33H,4-13,15-16H2,1-3H3,(H,28,32)/t17?,18?,19-,20-,21-,25?,26?/m0/s1. The molecule has 0 radical (unpaired) electrons. The first-order valence-corrected chi connectivity index (χ1v) is 13.2. The molecule has 2 unspecified atom stereocenters. The highest BCUT2D eigenvalue weighted by Crippen LogP contribution is 2.63. The smallest absolute Gasteiger partial charge is 0.408 e. The molecule has 8 heteroatoms. The van der Waals surface area contributed by atoms with Crippen LogP contribution in [0.25, 0.3) is 0 Å². The van der Waals surface area contributed by atoms with Gasteiger partial charge in [-0.25, -0.2) is 4.79 Å². The topological polar surface area (TPSA) is 106 Å². The molecule has 6 aliphatic rings. The number of hydrogen-bond acceptors (Lipinski definition) is 6. The maximum Gasteiger partial charge on any atom is 0.408 e. The van der Waals surface area contributed by atoms with Crippen molar-refractivity contribution >= 4 is 12.0 Å². The lowest BCUT2D eigenvalue weighted by Crippen LogP contribution is -2.66. The summed E-state index contributed by atoms with van der Waals surface area (Å²) in [5.74, 6) is 0.582. The molecule has 8 nitrogen and oxygen atoms in total. The minimum atomic E-state index is -0.784. The molecule has 4 saturated carbocycles. The van der Waals surface area contributed by atoms with E-state index >= 15 is 0 Å². The van der Waals surface area contributed by atoms with Crippen molar-refractivity contribution in [3.8, 4) is 6.07 Å². The fraction of sp³-hybridized carbons (Fsp3) is 0.885. The summed E-state index contributed by atoms with van der Waals surface area (Å²) in [4.78, 5) is 31.3. The first-order chi connectivity index (χ1) is 16.0. The van der Waals surface area contributed by atoms with E-state index in [-0.39, 0.29) is 11.9 Å². The highest BCUT2D eigenvalue weighted by atomic mass is 16.6. The van der Waals surface area contributed by atoms with Crippen molar-refractivity contribution in [3.05, 3.63) is 0 Å². The third kappa shape index (κ3) is 4.42. The Kier molecular flexibility index (Phi) is 5.88. The third-order valence-corrected chi connectivity index (χ3v) is 8.96. The zero-order valence-corrected chi connectivity index (χ0v) is 20.9. The summed E-state index contributed by atoms with van der Waals surface area (Å²) >= 11 is 0. The van der Waals surface area contributed by atoms with Crippen molar-refractivity contribution in [2.24, 2.45) is 17.3 Å². The molecule has 0 aromatic heterocycles. The van der Waals surface area contributed by atoms with Gasteiger partial charge in [-0.15, -0.1) is 0 Å². The molecule has 34 heavy (non-hydrogen) atoms. The Bertz CT molecular complexity index is 857. The zero-order chi connectivity index (χ0) is 24.3. The van der Waals surface area contributed by atoms with Gasteiger partial charge >= 0.3 is 6.09 Å². The quantitative estimate of drug-likeness (QED) is 0.652. The van der Waals surface area contributed by atoms with Crippen LogP contribution in [0.1, 0.15) is 78.6 Å². The van der Waals surface area contributed by atoms with Crippen LogP contribution < -0.4 is 5.32 Å². The number of nitriles is 1. The van der Waals surface area contributed by atoms with Crippen LogP contribution in [0.4, 0.5) is 4.79 Å². The molecule has 2 aliphatic heterocycles. The number of ether oxygens (including phenoxy) is 1. The molecule has 4 bridgehead atoms. The Morgan fingerprint density at radius 3 is 2.32 bits per heavy atom. The zero-order valence-electron chi connectivity index (χ0n) is 20.9. The van der Waals surface area contributed by atoms with Crippen molar-refractivity contribution in [1.82, 2.24) is 15.1 Å². The lowest BCUT2D eigenvalue weighted by molar-refractivity contribution is -0.180. The summed E-state index contributed by atoms with van der Waals surface area (Å²) < 4.78 is 5.57. The van der Waals surface area contributed by atoms with Crippen LogP contribution in [-0.2, 0) is 9.53 Å². The predicted molar refractivity (Wildman–Crippen MR) is 126 cm³/mol. The molecular formula is C26H40N4O4. The maximum atomic E-state index is 14.2. The molecule has 188 valence electrons. The number of nitrogens with one attached hydrogen (secondary N) is 1. The molecule has 0 aromatic carbocycles. The minimum Gasteiger partial charge on any atom is -0.444 e. The van der Waals surface area contributed by atoms with Crippen molar-refractivity contribution in [3.63, 3.8) is 0 Å². The first kappa shape index (κ1) is 23.9. The second kappa shape index (κ2) is 8.37. The number of nitrogens with zero attached hydrogens (tertiary/aromatic N) is 3. The number of carbonyl (C=O) groups is 2. The van der Waals surface area contributed by atoms with Gasteiger partial charge < -0.3 is 20.1 Å². The van der Waals surface area contributed by atoms with E-state index in [0.717, 1.165) is 58.0 Å². The number of aliphatic hydroxyl groups is 1. The summed E-state index contributed by atoms with van der Waals surface area (Å²) in [5.41, 5.74) is -1.92. The molecule has 6 rings (SSSR count). The van der Waals surface area contributed by atoms with Crippen LogP contribution in [0.5, 0.6) is 0 Å². The van der Waals surface area contributed by atoms with Crippen molar-refractivity contribution in [1.29, 1.82) is 5.26 Å². The predicted octanol–water partition coefficient (Wildman–Crippen LogP) is 2.80. The fourth-order valence-electron chi connectivity index (χ4n) is 8.24. The van der Waals surface area contributed by atoms with Gasteiger partial charge in [0, 0.05) is 18.0 Å². The molecule has 5 atom stereocenters.